The third kappa shape index (κ3) is 2.83. The molecule has 1 aliphatic rings. The van der Waals surface area contributed by atoms with Crippen LogP contribution >= 0.6 is 0 Å². The van der Waals surface area contributed by atoms with Crippen molar-refractivity contribution in [1.82, 2.24) is 26.0 Å². The third-order valence-electron chi connectivity index (χ3n) is 4.14. The van der Waals surface area contributed by atoms with Crippen molar-refractivity contribution in [2.24, 2.45) is 0 Å². The topological polar surface area (TPSA) is 95.8 Å². The van der Waals surface area contributed by atoms with Gasteiger partial charge >= 0.3 is 0 Å². The van der Waals surface area contributed by atoms with Gasteiger partial charge in [-0.3, -0.25) is 9.89 Å². The fourth-order valence-corrected chi connectivity index (χ4v) is 2.84. The molecule has 0 unspecified atom stereocenters. The van der Waals surface area contributed by atoms with Crippen molar-refractivity contribution >= 4 is 16.8 Å². The van der Waals surface area contributed by atoms with Gasteiger partial charge in [0.2, 0.25) is 0 Å². The Hall–Kier alpha value is -2.67. The van der Waals surface area contributed by atoms with Gasteiger partial charge in [-0.05, 0) is 44.1 Å². The van der Waals surface area contributed by atoms with Gasteiger partial charge in [-0.1, -0.05) is 5.16 Å². The number of rotatable bonds is 3. The van der Waals surface area contributed by atoms with Gasteiger partial charge in [0, 0.05) is 23.1 Å². The maximum atomic E-state index is 12.3. The first kappa shape index (κ1) is 14.0. The molecule has 0 bridgehead atoms. The highest BCUT2D eigenvalue weighted by Gasteiger charge is 2.19. The van der Waals surface area contributed by atoms with E-state index in [1.54, 1.807) is 12.3 Å². The number of hydrogen-bond donors (Lipinski definition) is 3. The fraction of sp³-hybridized carbons (Fsp3) is 0.312. The summed E-state index contributed by atoms with van der Waals surface area (Å²) in [7, 11) is 0. The molecule has 0 saturated carbocycles. The zero-order valence-corrected chi connectivity index (χ0v) is 12.5. The van der Waals surface area contributed by atoms with E-state index in [1.165, 1.54) is 0 Å². The standard InChI is InChI=1S/C16H17N5O2/c22-16(19-12-3-5-17-6-4-12)14-8-15(23-21-14)10-1-2-13-11(7-10)9-18-20-13/h1-2,7-9,12,17H,3-6H2,(H,18,20)(H,19,22). The summed E-state index contributed by atoms with van der Waals surface area (Å²) < 4.78 is 5.33. The maximum absolute atomic E-state index is 12.3. The Kier molecular flexibility index (Phi) is 3.55. The van der Waals surface area contributed by atoms with E-state index in [0.717, 1.165) is 42.4 Å². The minimum Gasteiger partial charge on any atom is -0.355 e. The minimum absolute atomic E-state index is 0.184. The fourth-order valence-electron chi connectivity index (χ4n) is 2.84. The summed E-state index contributed by atoms with van der Waals surface area (Å²) in [6.45, 7) is 1.86. The lowest BCUT2D eigenvalue weighted by atomic mass is 10.1. The van der Waals surface area contributed by atoms with Gasteiger partial charge in [0.1, 0.15) is 0 Å². The molecule has 118 valence electrons. The van der Waals surface area contributed by atoms with E-state index < -0.39 is 0 Å². The second kappa shape index (κ2) is 5.85. The molecule has 1 fully saturated rings. The number of aromatic nitrogens is 3. The summed E-state index contributed by atoms with van der Waals surface area (Å²) in [6.07, 6.45) is 3.63. The molecule has 23 heavy (non-hydrogen) atoms. The van der Waals surface area contributed by atoms with Crippen LogP contribution < -0.4 is 10.6 Å². The van der Waals surface area contributed by atoms with Crippen LogP contribution in [0.3, 0.4) is 0 Å². The number of piperidine rings is 1. The van der Waals surface area contributed by atoms with Gasteiger partial charge < -0.3 is 15.2 Å². The molecule has 4 rings (SSSR count). The molecule has 0 atom stereocenters. The van der Waals surface area contributed by atoms with E-state index in [-0.39, 0.29) is 11.9 Å². The smallest absolute Gasteiger partial charge is 0.273 e. The maximum Gasteiger partial charge on any atom is 0.273 e. The molecule has 7 heteroatoms. The molecule has 3 aromatic rings. The van der Waals surface area contributed by atoms with Gasteiger partial charge in [-0.2, -0.15) is 5.10 Å². The zero-order chi connectivity index (χ0) is 15.6. The number of fused-ring (bicyclic) bond motifs is 1. The first-order valence-corrected chi connectivity index (χ1v) is 7.71. The number of amides is 1. The molecule has 0 spiro atoms. The van der Waals surface area contributed by atoms with Crippen molar-refractivity contribution in [3.05, 3.63) is 36.2 Å². The molecule has 1 saturated heterocycles. The largest absolute Gasteiger partial charge is 0.355 e. The molecule has 0 aliphatic carbocycles. The van der Waals surface area contributed by atoms with Crippen LogP contribution in [0.4, 0.5) is 0 Å². The molecule has 0 radical (unpaired) electrons. The Bertz CT molecular complexity index is 832. The number of hydrogen-bond acceptors (Lipinski definition) is 5. The number of H-pyrrole nitrogens is 1. The van der Waals surface area contributed by atoms with E-state index in [0.29, 0.717) is 11.5 Å². The van der Waals surface area contributed by atoms with E-state index in [9.17, 15) is 4.79 Å². The lowest BCUT2D eigenvalue weighted by Gasteiger charge is -2.23. The van der Waals surface area contributed by atoms with E-state index in [1.807, 2.05) is 18.2 Å². The Morgan fingerprint density at radius 3 is 3.00 bits per heavy atom. The quantitative estimate of drug-likeness (QED) is 0.684. The predicted molar refractivity (Wildman–Crippen MR) is 84.9 cm³/mol. The SMILES string of the molecule is O=C(NC1CCNCC1)c1cc(-c2ccc3[nH]ncc3c2)on1. The third-order valence-corrected chi connectivity index (χ3v) is 4.14. The van der Waals surface area contributed by atoms with Crippen molar-refractivity contribution in [2.75, 3.05) is 13.1 Å². The monoisotopic (exact) mass is 311 g/mol. The molecular weight excluding hydrogens is 294 g/mol. The number of aromatic amines is 1. The van der Waals surface area contributed by atoms with Crippen molar-refractivity contribution in [2.45, 2.75) is 18.9 Å². The number of carbonyl (C=O) groups is 1. The van der Waals surface area contributed by atoms with E-state index in [4.69, 9.17) is 4.52 Å². The van der Waals surface area contributed by atoms with E-state index >= 15 is 0 Å². The highest BCUT2D eigenvalue weighted by Crippen LogP contribution is 2.24. The lowest BCUT2D eigenvalue weighted by molar-refractivity contribution is 0.0920. The van der Waals surface area contributed by atoms with Crippen LogP contribution in [0.25, 0.3) is 22.2 Å². The number of nitrogens with zero attached hydrogens (tertiary/aromatic N) is 2. The molecule has 1 aliphatic heterocycles. The van der Waals surface area contributed by atoms with Gasteiger partial charge in [0.15, 0.2) is 11.5 Å². The lowest BCUT2D eigenvalue weighted by Crippen LogP contribution is -2.42. The molecule has 7 nitrogen and oxygen atoms in total. The van der Waals surface area contributed by atoms with Crippen LogP contribution in [0.1, 0.15) is 23.3 Å². The molecule has 1 aromatic carbocycles. The Labute approximate surface area is 132 Å². The van der Waals surface area contributed by atoms with Crippen molar-refractivity contribution in [3.8, 4) is 11.3 Å². The Balaban J connectivity index is 1.52. The average Bonchev–Trinajstić information content (AvgIpc) is 3.24. The summed E-state index contributed by atoms with van der Waals surface area (Å²) >= 11 is 0. The zero-order valence-electron chi connectivity index (χ0n) is 12.5. The van der Waals surface area contributed by atoms with Gasteiger partial charge in [-0.15, -0.1) is 0 Å². The van der Waals surface area contributed by atoms with Crippen molar-refractivity contribution in [3.63, 3.8) is 0 Å². The van der Waals surface area contributed by atoms with E-state index in [2.05, 4.69) is 26.0 Å². The minimum atomic E-state index is -0.184. The first-order chi connectivity index (χ1) is 11.3. The van der Waals surface area contributed by atoms with Crippen LogP contribution in [0.2, 0.25) is 0 Å². The highest BCUT2D eigenvalue weighted by molar-refractivity contribution is 5.93. The number of benzene rings is 1. The van der Waals surface area contributed by atoms with Crippen LogP contribution in [-0.4, -0.2) is 40.4 Å². The molecule has 3 heterocycles. The van der Waals surface area contributed by atoms with Crippen LogP contribution in [-0.2, 0) is 0 Å². The van der Waals surface area contributed by atoms with Gasteiger partial charge in [-0.25, -0.2) is 0 Å². The van der Waals surface area contributed by atoms with Gasteiger partial charge in [0.25, 0.3) is 5.91 Å². The molecular formula is C16H17N5O2. The summed E-state index contributed by atoms with van der Waals surface area (Å²) in [5.74, 6) is 0.389. The van der Waals surface area contributed by atoms with Crippen LogP contribution in [0.5, 0.6) is 0 Å². The Morgan fingerprint density at radius 1 is 1.26 bits per heavy atom. The summed E-state index contributed by atoms with van der Waals surface area (Å²) in [5.41, 5.74) is 2.13. The first-order valence-electron chi connectivity index (χ1n) is 7.71. The van der Waals surface area contributed by atoms with Gasteiger partial charge in [0.05, 0.1) is 11.7 Å². The average molecular weight is 311 g/mol. The van der Waals surface area contributed by atoms with Crippen LogP contribution in [0, 0.1) is 0 Å². The van der Waals surface area contributed by atoms with Crippen molar-refractivity contribution < 1.29 is 9.32 Å². The summed E-state index contributed by atoms with van der Waals surface area (Å²) in [4.78, 5) is 12.3. The molecule has 3 N–H and O–H groups in total. The second-order valence-electron chi connectivity index (χ2n) is 5.75. The summed E-state index contributed by atoms with van der Waals surface area (Å²) in [6, 6.07) is 7.67. The molecule has 1 amide bonds. The number of carbonyl (C=O) groups excluding carboxylic acids is 1. The summed E-state index contributed by atoms with van der Waals surface area (Å²) in [5, 5.41) is 18.1. The highest BCUT2D eigenvalue weighted by atomic mass is 16.5. The normalized spacial score (nSPS) is 15.8. The van der Waals surface area contributed by atoms with Crippen molar-refractivity contribution in [1.29, 1.82) is 0 Å². The predicted octanol–water partition coefficient (Wildman–Crippen LogP) is 1.70. The molecule has 2 aromatic heterocycles. The van der Waals surface area contributed by atoms with Crippen LogP contribution in [0.15, 0.2) is 35.0 Å². The Morgan fingerprint density at radius 2 is 2.13 bits per heavy atom. The second-order valence-corrected chi connectivity index (χ2v) is 5.75. The number of nitrogens with one attached hydrogen (secondary N) is 3.